The smallest absolute Gasteiger partial charge is 0.164 e. The highest BCUT2D eigenvalue weighted by molar-refractivity contribution is 6.31. The molecule has 2 rings (SSSR count). The monoisotopic (exact) mass is 285 g/mol. The van der Waals surface area contributed by atoms with E-state index in [1.54, 1.807) is 0 Å². The zero-order valence-electron chi connectivity index (χ0n) is 11.4. The maximum atomic E-state index is 6.37. The van der Waals surface area contributed by atoms with Crippen LogP contribution in [-0.2, 0) is 11.3 Å². The lowest BCUT2D eigenvalue weighted by Crippen LogP contribution is -2.09. The predicted octanol–water partition coefficient (Wildman–Crippen LogP) is 3.06. The Hall–Kier alpha value is -0.970. The van der Waals surface area contributed by atoms with Gasteiger partial charge in [-0.15, -0.1) is 0 Å². The fraction of sp³-hybridized carbons (Fsp3) is 0.571. The normalized spacial score (nSPS) is 14.6. The van der Waals surface area contributed by atoms with Crippen LogP contribution in [0.4, 0.5) is 0 Å². The molecule has 0 saturated carbocycles. The molecule has 19 heavy (non-hydrogen) atoms. The lowest BCUT2D eigenvalue weighted by atomic mass is 9.93. The fourth-order valence-corrected chi connectivity index (χ4v) is 2.66. The molecule has 0 aliphatic carbocycles. The van der Waals surface area contributed by atoms with Gasteiger partial charge in [-0.25, -0.2) is 5.90 Å². The molecule has 5 heteroatoms. The summed E-state index contributed by atoms with van der Waals surface area (Å²) in [5.74, 6) is 6.97. The molecule has 1 aliphatic heterocycles. The maximum Gasteiger partial charge on any atom is 0.164 e. The molecule has 4 nitrogen and oxygen atoms in total. The van der Waals surface area contributed by atoms with Gasteiger partial charge in [0.25, 0.3) is 0 Å². The summed E-state index contributed by atoms with van der Waals surface area (Å²) in [7, 11) is 0. The van der Waals surface area contributed by atoms with E-state index in [-0.39, 0.29) is 0 Å². The summed E-state index contributed by atoms with van der Waals surface area (Å²) in [4.78, 5) is 4.67. The second-order valence-electron chi connectivity index (χ2n) is 4.90. The third kappa shape index (κ3) is 3.14. The summed E-state index contributed by atoms with van der Waals surface area (Å²) < 4.78 is 11.6. The predicted molar refractivity (Wildman–Crippen MR) is 75.0 cm³/mol. The molecule has 0 atom stereocenters. The molecule has 1 heterocycles. The number of fused-ring (bicyclic) bond motifs is 1. The molecule has 1 aromatic rings. The van der Waals surface area contributed by atoms with Crippen molar-refractivity contribution in [1.29, 1.82) is 0 Å². The molecule has 0 bridgehead atoms. The third-order valence-electron chi connectivity index (χ3n) is 3.18. The Morgan fingerprint density at radius 2 is 2.11 bits per heavy atom. The van der Waals surface area contributed by atoms with E-state index in [0.717, 1.165) is 29.0 Å². The molecule has 1 aliphatic rings. The first kappa shape index (κ1) is 14.4. The van der Waals surface area contributed by atoms with E-state index in [2.05, 4.69) is 18.7 Å². The number of benzene rings is 1. The minimum Gasteiger partial charge on any atom is -0.489 e. The first-order valence-corrected chi connectivity index (χ1v) is 6.95. The van der Waals surface area contributed by atoms with Crippen molar-refractivity contribution in [1.82, 2.24) is 0 Å². The van der Waals surface area contributed by atoms with Crippen molar-refractivity contribution < 1.29 is 14.3 Å². The van der Waals surface area contributed by atoms with Gasteiger partial charge in [-0.1, -0.05) is 25.4 Å². The van der Waals surface area contributed by atoms with Gasteiger partial charge >= 0.3 is 0 Å². The molecule has 1 aromatic carbocycles. The van der Waals surface area contributed by atoms with Gasteiger partial charge in [0.15, 0.2) is 11.5 Å². The van der Waals surface area contributed by atoms with Gasteiger partial charge in [0.1, 0.15) is 0 Å². The number of hydrogen-bond acceptors (Lipinski definition) is 4. The quantitative estimate of drug-likeness (QED) is 0.864. The maximum absolute atomic E-state index is 6.37. The highest BCUT2D eigenvalue weighted by Gasteiger charge is 2.23. The van der Waals surface area contributed by atoms with Gasteiger partial charge < -0.3 is 14.3 Å². The van der Waals surface area contributed by atoms with E-state index in [4.69, 9.17) is 27.0 Å². The van der Waals surface area contributed by atoms with Crippen LogP contribution in [0.5, 0.6) is 11.5 Å². The van der Waals surface area contributed by atoms with Crippen molar-refractivity contribution in [2.45, 2.75) is 32.6 Å². The van der Waals surface area contributed by atoms with Crippen LogP contribution in [-0.4, -0.2) is 19.8 Å². The topological polar surface area (TPSA) is 53.7 Å². The highest BCUT2D eigenvalue weighted by atomic mass is 35.5. The molecule has 106 valence electrons. The van der Waals surface area contributed by atoms with E-state index in [9.17, 15) is 0 Å². The Morgan fingerprint density at radius 1 is 1.37 bits per heavy atom. The number of rotatable bonds is 4. The summed E-state index contributed by atoms with van der Waals surface area (Å²) in [5.41, 5.74) is 2.13. The van der Waals surface area contributed by atoms with Crippen LogP contribution in [0.2, 0.25) is 5.02 Å². The lowest BCUT2D eigenvalue weighted by Gasteiger charge is -2.20. The van der Waals surface area contributed by atoms with Gasteiger partial charge in [-0.3, -0.25) is 0 Å². The van der Waals surface area contributed by atoms with Crippen LogP contribution in [0.3, 0.4) is 0 Å². The Bertz CT molecular complexity index is 449. The zero-order chi connectivity index (χ0) is 13.8. The second-order valence-corrected chi connectivity index (χ2v) is 5.31. The van der Waals surface area contributed by atoms with E-state index in [1.807, 2.05) is 6.07 Å². The number of hydrogen-bond donors (Lipinski definition) is 1. The fourth-order valence-electron chi connectivity index (χ4n) is 2.36. The minimum atomic E-state index is 0.293. The molecule has 0 amide bonds. The largest absolute Gasteiger partial charge is 0.489 e. The van der Waals surface area contributed by atoms with Crippen LogP contribution >= 0.6 is 11.6 Å². The van der Waals surface area contributed by atoms with Gasteiger partial charge in [0.05, 0.1) is 19.8 Å². The van der Waals surface area contributed by atoms with Crippen molar-refractivity contribution in [2.75, 3.05) is 19.8 Å². The van der Waals surface area contributed by atoms with E-state index in [1.165, 1.54) is 0 Å². The Morgan fingerprint density at radius 3 is 2.79 bits per heavy atom. The summed E-state index contributed by atoms with van der Waals surface area (Å²) in [6.45, 7) is 5.99. The van der Waals surface area contributed by atoms with Crippen LogP contribution in [0.1, 0.15) is 37.3 Å². The summed E-state index contributed by atoms with van der Waals surface area (Å²) >= 11 is 6.37. The molecule has 0 aromatic heterocycles. The first-order valence-electron chi connectivity index (χ1n) is 6.57. The minimum absolute atomic E-state index is 0.293. The number of ether oxygens (including phenoxy) is 2. The third-order valence-corrected chi connectivity index (χ3v) is 3.52. The van der Waals surface area contributed by atoms with Crippen LogP contribution in [0.15, 0.2) is 6.07 Å². The van der Waals surface area contributed by atoms with Crippen molar-refractivity contribution in [3.05, 3.63) is 22.2 Å². The molecule has 0 unspecified atom stereocenters. The van der Waals surface area contributed by atoms with Crippen molar-refractivity contribution in [3.63, 3.8) is 0 Å². The average Bonchev–Trinajstić information content (AvgIpc) is 2.60. The summed E-state index contributed by atoms with van der Waals surface area (Å²) in [6, 6.07) is 1.83. The van der Waals surface area contributed by atoms with Crippen LogP contribution < -0.4 is 15.4 Å². The standard InChI is InChI=1S/C14H20ClNO3/c1-9(2)13-10(4-7-19-16)11(15)8-12-14(13)18-6-3-5-17-12/h8-9H,3-7,16H2,1-2H3. The molecule has 2 N–H and O–H groups in total. The van der Waals surface area contributed by atoms with Crippen molar-refractivity contribution >= 4 is 11.6 Å². The van der Waals surface area contributed by atoms with Crippen LogP contribution in [0, 0.1) is 0 Å². The van der Waals surface area contributed by atoms with Crippen LogP contribution in [0.25, 0.3) is 0 Å². The van der Waals surface area contributed by atoms with Crippen molar-refractivity contribution in [2.24, 2.45) is 5.90 Å². The number of nitrogens with two attached hydrogens (primary N) is 1. The number of halogens is 1. The Kier molecular flexibility index (Phi) is 4.91. The molecular weight excluding hydrogens is 266 g/mol. The molecule has 0 spiro atoms. The van der Waals surface area contributed by atoms with Gasteiger partial charge in [0.2, 0.25) is 0 Å². The first-order chi connectivity index (χ1) is 9.15. The summed E-state index contributed by atoms with van der Waals surface area (Å²) in [6.07, 6.45) is 1.55. The molecular formula is C14H20ClNO3. The SMILES string of the molecule is CC(C)c1c(CCON)c(Cl)cc2c1OCCCO2. The Labute approximate surface area is 118 Å². The zero-order valence-corrected chi connectivity index (χ0v) is 12.1. The molecule has 0 fully saturated rings. The second kappa shape index (κ2) is 6.46. The van der Waals surface area contributed by atoms with E-state index >= 15 is 0 Å². The molecule has 0 radical (unpaired) electrons. The summed E-state index contributed by atoms with van der Waals surface area (Å²) in [5, 5.41) is 0.685. The van der Waals surface area contributed by atoms with Gasteiger partial charge in [-0.2, -0.15) is 0 Å². The van der Waals surface area contributed by atoms with E-state index in [0.29, 0.717) is 37.2 Å². The lowest BCUT2D eigenvalue weighted by molar-refractivity contribution is 0.141. The van der Waals surface area contributed by atoms with E-state index < -0.39 is 0 Å². The molecule has 0 saturated heterocycles. The van der Waals surface area contributed by atoms with Gasteiger partial charge in [0, 0.05) is 23.1 Å². The Balaban J connectivity index is 2.50. The average molecular weight is 286 g/mol. The van der Waals surface area contributed by atoms with Gasteiger partial charge in [-0.05, 0) is 17.9 Å². The highest BCUT2D eigenvalue weighted by Crippen LogP contribution is 2.43. The van der Waals surface area contributed by atoms with Crippen molar-refractivity contribution in [3.8, 4) is 11.5 Å².